The van der Waals surface area contributed by atoms with Gasteiger partial charge in [-0.1, -0.05) is 6.07 Å². The normalized spacial score (nSPS) is 18.3. The Labute approximate surface area is 149 Å². The molecule has 0 amide bonds. The lowest BCUT2D eigenvalue weighted by Crippen LogP contribution is -2.11. The van der Waals surface area contributed by atoms with Gasteiger partial charge in [-0.25, -0.2) is 43.9 Å². The van der Waals surface area contributed by atoms with E-state index >= 15 is 0 Å². The number of hydrogen-bond donors (Lipinski definition) is 0. The zero-order chi connectivity index (χ0) is 20.7. The lowest BCUT2D eigenvalue weighted by atomic mass is 9.88. The summed E-state index contributed by atoms with van der Waals surface area (Å²) in [6.45, 7) is 0. The minimum Gasteiger partial charge on any atom is -0.208 e. The molecule has 2 aromatic rings. The van der Waals surface area contributed by atoms with Gasteiger partial charge in [0.1, 0.15) is 11.7 Å². The molecular weight excluding hydrogens is 406 g/mol. The van der Waals surface area contributed by atoms with E-state index < -0.39 is 91.9 Å². The topological polar surface area (TPSA) is 0 Å². The van der Waals surface area contributed by atoms with Crippen LogP contribution in [-0.4, -0.2) is 0 Å². The summed E-state index contributed by atoms with van der Waals surface area (Å²) in [4.78, 5) is 0. The first-order valence-electron chi connectivity index (χ1n) is 7.41. The van der Waals surface area contributed by atoms with Crippen LogP contribution in [0.15, 0.2) is 17.7 Å². The number of allylic oxidation sites excluding steroid dienone is 2. The highest BCUT2D eigenvalue weighted by molar-refractivity contribution is 5.78. The highest BCUT2D eigenvalue weighted by atomic mass is 19.2. The number of benzene rings is 2. The molecule has 2 aliphatic rings. The van der Waals surface area contributed by atoms with Gasteiger partial charge in [-0.2, -0.15) is 0 Å². The number of fused-ring (bicyclic) bond motifs is 2. The zero-order valence-corrected chi connectivity index (χ0v) is 13.0. The van der Waals surface area contributed by atoms with Gasteiger partial charge in [0.15, 0.2) is 46.6 Å². The van der Waals surface area contributed by atoms with Crippen LogP contribution in [0.3, 0.4) is 0 Å². The fourth-order valence-electron chi connectivity index (χ4n) is 3.33. The Morgan fingerprint density at radius 2 is 1.14 bits per heavy atom. The van der Waals surface area contributed by atoms with Crippen molar-refractivity contribution in [2.75, 3.05) is 0 Å². The van der Waals surface area contributed by atoms with Crippen molar-refractivity contribution in [1.82, 2.24) is 0 Å². The van der Waals surface area contributed by atoms with E-state index in [0.29, 0.717) is 12.5 Å². The third-order valence-corrected chi connectivity index (χ3v) is 4.56. The molecule has 2 aliphatic carbocycles. The van der Waals surface area contributed by atoms with Crippen LogP contribution in [-0.2, 0) is 0 Å². The first-order chi connectivity index (χ1) is 13.1. The predicted molar refractivity (Wildman–Crippen MR) is 76.1 cm³/mol. The van der Waals surface area contributed by atoms with Gasteiger partial charge >= 0.3 is 0 Å². The van der Waals surface area contributed by atoms with Gasteiger partial charge in [-0.15, -0.1) is 0 Å². The molecular formula is C18H3F10. The quantitative estimate of drug-likeness (QED) is 0.289. The Kier molecular flexibility index (Phi) is 3.89. The van der Waals surface area contributed by atoms with Gasteiger partial charge in [-0.3, -0.25) is 0 Å². The summed E-state index contributed by atoms with van der Waals surface area (Å²) in [5, 5.41) is 0. The van der Waals surface area contributed by atoms with Crippen molar-refractivity contribution in [2.45, 2.75) is 5.92 Å². The Morgan fingerprint density at radius 1 is 0.571 bits per heavy atom. The van der Waals surface area contributed by atoms with E-state index in [4.69, 9.17) is 0 Å². The largest absolute Gasteiger partial charge is 0.208 e. The van der Waals surface area contributed by atoms with Crippen molar-refractivity contribution in [3.05, 3.63) is 86.9 Å². The summed E-state index contributed by atoms with van der Waals surface area (Å²) < 4.78 is 139. The molecule has 0 bridgehead atoms. The molecule has 1 radical (unpaired) electrons. The Bertz CT molecular complexity index is 1140. The Morgan fingerprint density at radius 3 is 1.79 bits per heavy atom. The maximum Gasteiger partial charge on any atom is 0.198 e. The van der Waals surface area contributed by atoms with Crippen LogP contribution < -0.4 is 0 Å². The molecule has 0 nitrogen and oxygen atoms in total. The van der Waals surface area contributed by atoms with Gasteiger partial charge in [0, 0.05) is 11.1 Å². The molecule has 0 fully saturated rings. The van der Waals surface area contributed by atoms with E-state index in [2.05, 4.69) is 0 Å². The summed E-state index contributed by atoms with van der Waals surface area (Å²) in [5.74, 6) is -23.4. The van der Waals surface area contributed by atoms with E-state index in [1.807, 2.05) is 0 Å². The van der Waals surface area contributed by atoms with E-state index in [0.717, 1.165) is 0 Å². The zero-order valence-electron chi connectivity index (χ0n) is 13.0. The van der Waals surface area contributed by atoms with E-state index in [1.54, 1.807) is 0 Å². The van der Waals surface area contributed by atoms with Crippen molar-refractivity contribution < 1.29 is 43.9 Å². The van der Waals surface area contributed by atoms with E-state index in [1.165, 1.54) is 0 Å². The maximum atomic E-state index is 14.4. The van der Waals surface area contributed by atoms with Crippen LogP contribution in [0.4, 0.5) is 43.9 Å². The molecule has 0 aromatic heterocycles. The fraction of sp³-hybridized carbons (Fsp3) is 0.0556. The fourth-order valence-corrected chi connectivity index (χ4v) is 3.33. The Hall–Kier alpha value is -2.78. The molecule has 10 heteroatoms. The summed E-state index contributed by atoms with van der Waals surface area (Å²) in [6.07, 6.45) is 0.409. The molecule has 0 aliphatic heterocycles. The smallest absolute Gasteiger partial charge is 0.198 e. The lowest BCUT2D eigenvalue weighted by molar-refractivity contribution is 0.400. The molecule has 1 unspecified atom stereocenters. The van der Waals surface area contributed by atoms with Crippen LogP contribution in [0.1, 0.15) is 33.7 Å². The van der Waals surface area contributed by atoms with E-state index in [-0.39, 0.29) is 0 Å². The highest BCUT2D eigenvalue weighted by Crippen LogP contribution is 2.52. The maximum absolute atomic E-state index is 14.4. The van der Waals surface area contributed by atoms with Crippen LogP contribution in [0.2, 0.25) is 0 Å². The van der Waals surface area contributed by atoms with Crippen LogP contribution in [0, 0.1) is 41.3 Å². The summed E-state index contributed by atoms with van der Waals surface area (Å²) in [5.41, 5.74) is -6.03. The molecule has 0 spiro atoms. The average Bonchev–Trinajstić information content (AvgIpc) is 3.08. The van der Waals surface area contributed by atoms with Crippen molar-refractivity contribution in [3.8, 4) is 0 Å². The summed E-state index contributed by atoms with van der Waals surface area (Å²) in [6, 6.07) is 0.477. The van der Waals surface area contributed by atoms with Gasteiger partial charge in [0.2, 0.25) is 0 Å². The molecule has 0 saturated heterocycles. The number of rotatable bonds is 1. The first-order valence-corrected chi connectivity index (χ1v) is 7.41. The van der Waals surface area contributed by atoms with Gasteiger partial charge in [0.05, 0.1) is 23.5 Å². The standard InChI is InChI=1S/C18H3F10/c19-5-2-3-1-4(10(20)12(22)6(3)11(5)21)7-8-9(15(25)13(7)23)16(26)18(28)17(27)14(8)24/h1-2,7H. The molecule has 0 N–H and O–H groups in total. The molecule has 28 heavy (non-hydrogen) atoms. The first kappa shape index (κ1) is 18.6. The second-order valence-corrected chi connectivity index (χ2v) is 6.00. The monoisotopic (exact) mass is 409 g/mol. The number of hydrogen-bond acceptors (Lipinski definition) is 0. The van der Waals surface area contributed by atoms with E-state index in [9.17, 15) is 43.9 Å². The second-order valence-electron chi connectivity index (χ2n) is 6.00. The third-order valence-electron chi connectivity index (χ3n) is 4.56. The summed E-state index contributed by atoms with van der Waals surface area (Å²) in [7, 11) is 0. The molecule has 1 atom stereocenters. The van der Waals surface area contributed by atoms with Crippen LogP contribution >= 0.6 is 0 Å². The van der Waals surface area contributed by atoms with Crippen molar-refractivity contribution in [1.29, 1.82) is 0 Å². The van der Waals surface area contributed by atoms with Crippen LogP contribution in [0.5, 0.6) is 0 Å². The van der Waals surface area contributed by atoms with Crippen molar-refractivity contribution in [2.24, 2.45) is 0 Å². The van der Waals surface area contributed by atoms with Gasteiger partial charge in [-0.05, 0) is 5.56 Å². The molecule has 0 saturated carbocycles. The average molecular weight is 409 g/mol. The van der Waals surface area contributed by atoms with Crippen molar-refractivity contribution in [3.63, 3.8) is 0 Å². The van der Waals surface area contributed by atoms with Gasteiger partial charge in [0.25, 0.3) is 0 Å². The van der Waals surface area contributed by atoms with Crippen LogP contribution in [0.25, 0.3) is 11.7 Å². The third kappa shape index (κ3) is 2.14. The minimum atomic E-state index is -2.54. The van der Waals surface area contributed by atoms with Gasteiger partial charge < -0.3 is 0 Å². The Balaban J connectivity index is 2.03. The minimum absolute atomic E-state index is 0.409. The SMILES string of the molecule is FC1=C(F)c2c(cc(C3C(F)=C(F)c4c(F)c(F)c(F)c(F)c43)c(F)c2F)[CH]1. The molecule has 4 rings (SSSR count). The second kappa shape index (κ2) is 5.86. The highest BCUT2D eigenvalue weighted by Gasteiger charge is 2.44. The molecule has 0 heterocycles. The summed E-state index contributed by atoms with van der Waals surface area (Å²) >= 11 is 0. The molecule has 2 aromatic carbocycles. The lowest BCUT2D eigenvalue weighted by Gasteiger charge is -2.17. The van der Waals surface area contributed by atoms with Crippen molar-refractivity contribution >= 4 is 11.7 Å². The molecule has 145 valence electrons. The predicted octanol–water partition coefficient (Wildman–Crippen LogP) is 6.45. The number of halogens is 10.